The number of hydrogen-bond acceptors (Lipinski definition) is 5. The molecule has 0 saturated heterocycles. The number of halogens is 1. The smallest absolute Gasteiger partial charge is 0.335 e. The van der Waals surface area contributed by atoms with Gasteiger partial charge in [-0.1, -0.05) is 34.7 Å². The van der Waals surface area contributed by atoms with E-state index < -0.39 is 11.9 Å². The number of carbonyl (C=O) groups excluding carboxylic acids is 1. The molecule has 2 rings (SSSR count). The van der Waals surface area contributed by atoms with Crippen LogP contribution in [0.4, 0.5) is 5.69 Å². The van der Waals surface area contributed by atoms with Crippen molar-refractivity contribution in [3.63, 3.8) is 0 Å². The van der Waals surface area contributed by atoms with Crippen molar-refractivity contribution in [1.82, 2.24) is 0 Å². The molecule has 0 bridgehead atoms. The first-order chi connectivity index (χ1) is 13.9. The van der Waals surface area contributed by atoms with E-state index in [1.54, 1.807) is 18.2 Å². The summed E-state index contributed by atoms with van der Waals surface area (Å²) in [6, 6.07) is 10.9. The van der Waals surface area contributed by atoms with E-state index in [0.717, 1.165) is 0 Å². The number of methoxy groups -OCH3 is 1. The first-order valence-electron chi connectivity index (χ1n) is 8.27. The minimum atomic E-state index is -1.12. The number of hydrogen-bond donors (Lipinski definition) is 2. The lowest BCUT2D eigenvalue weighted by Crippen LogP contribution is -2.14. The lowest BCUT2D eigenvalue weighted by Gasteiger charge is -2.12. The Morgan fingerprint density at radius 2 is 2.07 bits per heavy atom. The number of anilines is 1. The Morgan fingerprint density at radius 1 is 1.31 bits per heavy atom. The molecule has 1 amide bonds. The molecule has 0 spiro atoms. The van der Waals surface area contributed by atoms with Gasteiger partial charge in [0.25, 0.3) is 5.91 Å². The van der Waals surface area contributed by atoms with Crippen LogP contribution in [-0.2, 0) is 4.79 Å². The Bertz CT molecular complexity index is 1020. The number of carbonyl (C=O) groups is 2. The molecule has 0 unspecified atom stereocenters. The standard InChI is InChI=1S/C21H17BrN2O5/c1-3-7-29-19-11-17(22)14(10-18(19)28-2)8-15(12-23)20(25)24-16-6-4-5-13(9-16)21(26)27/h3-6,8-11H,1,7H2,2H3,(H,24,25)(H,26,27)/b15-8-. The van der Waals surface area contributed by atoms with Crippen LogP contribution in [0.15, 0.2) is 59.1 Å². The maximum absolute atomic E-state index is 12.5. The quantitative estimate of drug-likeness (QED) is 0.348. The molecule has 0 aliphatic rings. The third-order valence-electron chi connectivity index (χ3n) is 3.67. The minimum absolute atomic E-state index is 0.0212. The van der Waals surface area contributed by atoms with Crippen LogP contribution in [0.2, 0.25) is 0 Å². The summed E-state index contributed by atoms with van der Waals surface area (Å²) in [5, 5.41) is 21.0. The van der Waals surface area contributed by atoms with Crippen molar-refractivity contribution >= 4 is 39.6 Å². The molecule has 0 heterocycles. The number of amides is 1. The summed E-state index contributed by atoms with van der Waals surface area (Å²) in [5.41, 5.74) is 0.640. The second-order valence-electron chi connectivity index (χ2n) is 5.63. The first kappa shape index (κ1) is 21.7. The van der Waals surface area contributed by atoms with Gasteiger partial charge < -0.3 is 19.9 Å². The van der Waals surface area contributed by atoms with Crippen LogP contribution in [0, 0.1) is 11.3 Å². The highest BCUT2D eigenvalue weighted by molar-refractivity contribution is 9.10. The molecule has 148 valence electrons. The minimum Gasteiger partial charge on any atom is -0.493 e. The zero-order valence-electron chi connectivity index (χ0n) is 15.4. The van der Waals surface area contributed by atoms with Crippen LogP contribution in [0.1, 0.15) is 15.9 Å². The van der Waals surface area contributed by atoms with Crippen LogP contribution in [0.25, 0.3) is 6.08 Å². The third kappa shape index (κ3) is 5.70. The molecule has 0 fully saturated rings. The van der Waals surface area contributed by atoms with Crippen molar-refractivity contribution in [3.8, 4) is 17.6 Å². The van der Waals surface area contributed by atoms with Gasteiger partial charge >= 0.3 is 5.97 Å². The Kier molecular flexibility index (Phi) is 7.57. The first-order valence-corrected chi connectivity index (χ1v) is 9.06. The number of carboxylic acids is 1. The van der Waals surface area contributed by atoms with Crippen LogP contribution in [-0.4, -0.2) is 30.7 Å². The van der Waals surface area contributed by atoms with Crippen LogP contribution < -0.4 is 14.8 Å². The van der Waals surface area contributed by atoms with E-state index in [1.165, 1.54) is 37.5 Å². The van der Waals surface area contributed by atoms with E-state index in [9.17, 15) is 14.9 Å². The normalized spacial score (nSPS) is 10.6. The van der Waals surface area contributed by atoms with Gasteiger partial charge in [-0.05, 0) is 42.0 Å². The van der Waals surface area contributed by atoms with Gasteiger partial charge in [-0.25, -0.2) is 4.79 Å². The molecule has 29 heavy (non-hydrogen) atoms. The predicted molar refractivity (Wildman–Crippen MR) is 112 cm³/mol. The SMILES string of the molecule is C=CCOc1cc(Br)c(/C=C(/C#N)C(=O)Nc2cccc(C(=O)O)c2)cc1OC. The summed E-state index contributed by atoms with van der Waals surface area (Å²) in [4.78, 5) is 23.5. The fourth-order valence-corrected chi connectivity index (χ4v) is 2.75. The largest absolute Gasteiger partial charge is 0.493 e. The van der Waals surface area contributed by atoms with Gasteiger partial charge in [0.15, 0.2) is 11.5 Å². The zero-order valence-corrected chi connectivity index (χ0v) is 17.0. The summed E-state index contributed by atoms with van der Waals surface area (Å²) in [6.07, 6.45) is 2.99. The third-order valence-corrected chi connectivity index (χ3v) is 4.36. The van der Waals surface area contributed by atoms with E-state index in [-0.39, 0.29) is 16.8 Å². The van der Waals surface area contributed by atoms with Gasteiger partial charge in [0.1, 0.15) is 18.2 Å². The predicted octanol–water partition coefficient (Wildman–Crippen LogP) is 4.27. The van der Waals surface area contributed by atoms with E-state index in [0.29, 0.717) is 28.1 Å². The summed E-state index contributed by atoms with van der Waals surface area (Å²) in [5.74, 6) is -0.891. The van der Waals surface area contributed by atoms with Gasteiger partial charge in [-0.15, -0.1) is 0 Å². The average Bonchev–Trinajstić information content (AvgIpc) is 2.71. The Hall–Kier alpha value is -3.57. The molecule has 0 saturated carbocycles. The van der Waals surface area contributed by atoms with Crippen LogP contribution in [0.3, 0.4) is 0 Å². The number of ether oxygens (including phenoxy) is 2. The highest BCUT2D eigenvalue weighted by atomic mass is 79.9. The molecule has 0 atom stereocenters. The van der Waals surface area contributed by atoms with E-state index in [4.69, 9.17) is 14.6 Å². The number of rotatable bonds is 8. The topological polar surface area (TPSA) is 109 Å². The van der Waals surface area contributed by atoms with E-state index >= 15 is 0 Å². The molecule has 2 aromatic carbocycles. The monoisotopic (exact) mass is 456 g/mol. The number of nitrogens with zero attached hydrogens (tertiary/aromatic N) is 1. The molecule has 8 heteroatoms. The van der Waals surface area contributed by atoms with Crippen molar-refractivity contribution in [2.24, 2.45) is 0 Å². The number of nitrogens with one attached hydrogen (secondary N) is 1. The van der Waals surface area contributed by atoms with Crippen LogP contribution in [0.5, 0.6) is 11.5 Å². The van der Waals surface area contributed by atoms with Gasteiger partial charge in [-0.3, -0.25) is 4.79 Å². The van der Waals surface area contributed by atoms with E-state index in [1.807, 2.05) is 6.07 Å². The van der Waals surface area contributed by atoms with E-state index in [2.05, 4.69) is 27.8 Å². The average molecular weight is 457 g/mol. The highest BCUT2D eigenvalue weighted by Crippen LogP contribution is 2.34. The number of aromatic carboxylic acids is 1. The molecule has 0 aliphatic heterocycles. The molecule has 2 aromatic rings. The fraction of sp³-hybridized carbons (Fsp3) is 0.0952. The molecule has 0 aliphatic carbocycles. The maximum Gasteiger partial charge on any atom is 0.335 e. The maximum atomic E-state index is 12.5. The second-order valence-corrected chi connectivity index (χ2v) is 6.49. The van der Waals surface area contributed by atoms with Crippen LogP contribution >= 0.6 is 15.9 Å². The molecular weight excluding hydrogens is 440 g/mol. The Morgan fingerprint density at radius 3 is 2.69 bits per heavy atom. The molecule has 7 nitrogen and oxygen atoms in total. The van der Waals surface area contributed by atoms with Crippen molar-refractivity contribution < 1.29 is 24.2 Å². The number of nitriles is 1. The van der Waals surface area contributed by atoms with Gasteiger partial charge in [0.05, 0.1) is 12.7 Å². The second kappa shape index (κ2) is 10.1. The van der Waals surface area contributed by atoms with Gasteiger partial charge in [-0.2, -0.15) is 5.26 Å². The molecule has 0 radical (unpaired) electrons. The van der Waals surface area contributed by atoms with Crippen molar-refractivity contribution in [2.45, 2.75) is 0 Å². The van der Waals surface area contributed by atoms with Gasteiger partial charge in [0, 0.05) is 10.2 Å². The lowest BCUT2D eigenvalue weighted by molar-refractivity contribution is -0.112. The fourth-order valence-electron chi connectivity index (χ4n) is 2.32. The number of carboxylic acid groups (broad SMARTS) is 1. The number of benzene rings is 2. The van der Waals surface area contributed by atoms with Gasteiger partial charge in [0.2, 0.25) is 0 Å². The van der Waals surface area contributed by atoms with Crippen molar-refractivity contribution in [3.05, 3.63) is 70.2 Å². The molecule has 2 N–H and O–H groups in total. The Labute approximate surface area is 176 Å². The highest BCUT2D eigenvalue weighted by Gasteiger charge is 2.14. The summed E-state index contributed by atoms with van der Waals surface area (Å²) >= 11 is 3.39. The lowest BCUT2D eigenvalue weighted by atomic mass is 10.1. The zero-order chi connectivity index (χ0) is 21.4. The summed E-state index contributed by atoms with van der Waals surface area (Å²) < 4.78 is 11.4. The van der Waals surface area contributed by atoms with Crippen molar-refractivity contribution in [1.29, 1.82) is 5.26 Å². The summed E-state index contributed by atoms with van der Waals surface area (Å²) in [6.45, 7) is 3.88. The van der Waals surface area contributed by atoms with Crippen molar-refractivity contribution in [2.75, 3.05) is 19.0 Å². The molecule has 0 aromatic heterocycles. The summed E-state index contributed by atoms with van der Waals surface area (Å²) in [7, 11) is 1.48. The molecular formula is C21H17BrN2O5. The Balaban J connectivity index is 2.32.